The van der Waals surface area contributed by atoms with Crippen LogP contribution in [-0.4, -0.2) is 23.0 Å². The summed E-state index contributed by atoms with van der Waals surface area (Å²) in [7, 11) is 0. The van der Waals surface area contributed by atoms with E-state index >= 15 is 0 Å². The maximum atomic E-state index is 3.67. The van der Waals surface area contributed by atoms with Crippen molar-refractivity contribution in [2.24, 2.45) is 0 Å². The first-order valence-electron chi connectivity index (χ1n) is 6.46. The number of fused-ring (bicyclic) bond motifs is 1. The fourth-order valence-electron chi connectivity index (χ4n) is 3.98. The van der Waals surface area contributed by atoms with Gasteiger partial charge in [-0.2, -0.15) is 0 Å². The molecule has 0 aromatic heterocycles. The molecule has 3 aliphatic rings. The molecule has 0 spiro atoms. The Hall–Kier alpha value is -1.02. The Bertz CT molecular complexity index is 418. The smallest absolute Gasteiger partial charge is 0.0389 e. The van der Waals surface area contributed by atoms with Gasteiger partial charge in [0.15, 0.2) is 0 Å². The molecule has 0 unspecified atom stereocenters. The van der Waals surface area contributed by atoms with Gasteiger partial charge in [-0.15, -0.1) is 0 Å². The van der Waals surface area contributed by atoms with Crippen LogP contribution in [0.15, 0.2) is 24.3 Å². The van der Waals surface area contributed by atoms with E-state index in [0.29, 0.717) is 5.54 Å². The largest absolute Gasteiger partial charge is 0.383 e. The van der Waals surface area contributed by atoms with E-state index in [4.69, 9.17) is 0 Å². The van der Waals surface area contributed by atoms with Gasteiger partial charge in [0.1, 0.15) is 0 Å². The molecule has 4 rings (SSSR count). The van der Waals surface area contributed by atoms with Gasteiger partial charge in [0.25, 0.3) is 0 Å². The van der Waals surface area contributed by atoms with Crippen molar-refractivity contribution >= 4 is 5.69 Å². The van der Waals surface area contributed by atoms with E-state index in [1.807, 2.05) is 0 Å². The second-order valence-corrected chi connectivity index (χ2v) is 5.59. The Morgan fingerprint density at radius 3 is 2.88 bits per heavy atom. The minimum atomic E-state index is 0.490. The average Bonchev–Trinajstić information content (AvgIpc) is 2.79. The summed E-state index contributed by atoms with van der Waals surface area (Å²) >= 11 is 0. The SMILES string of the molecule is c1ccc2c(c1)CN1C3CCC1(CC3)CN2. The van der Waals surface area contributed by atoms with Crippen molar-refractivity contribution in [3.05, 3.63) is 29.8 Å². The molecule has 2 heteroatoms. The van der Waals surface area contributed by atoms with E-state index < -0.39 is 0 Å². The molecule has 84 valence electrons. The van der Waals surface area contributed by atoms with Crippen molar-refractivity contribution in [1.29, 1.82) is 0 Å². The highest BCUT2D eigenvalue weighted by Gasteiger charge is 2.51. The zero-order chi connectivity index (χ0) is 10.6. The van der Waals surface area contributed by atoms with Crippen LogP contribution >= 0.6 is 0 Å². The number of hydrogen-bond acceptors (Lipinski definition) is 2. The van der Waals surface area contributed by atoms with Crippen molar-refractivity contribution in [2.45, 2.75) is 43.8 Å². The fraction of sp³-hybridized carbons (Fsp3) is 0.571. The van der Waals surface area contributed by atoms with E-state index in [0.717, 1.165) is 19.1 Å². The van der Waals surface area contributed by atoms with Crippen molar-refractivity contribution in [2.75, 3.05) is 11.9 Å². The quantitative estimate of drug-likeness (QED) is 0.714. The highest BCUT2D eigenvalue weighted by atomic mass is 15.3. The summed E-state index contributed by atoms with van der Waals surface area (Å²) in [5.41, 5.74) is 3.33. The van der Waals surface area contributed by atoms with Crippen molar-refractivity contribution in [3.63, 3.8) is 0 Å². The Morgan fingerprint density at radius 1 is 1.19 bits per heavy atom. The first-order chi connectivity index (χ1) is 7.87. The molecule has 0 amide bonds. The number of rotatable bonds is 0. The maximum Gasteiger partial charge on any atom is 0.0389 e. The zero-order valence-corrected chi connectivity index (χ0v) is 9.58. The van der Waals surface area contributed by atoms with Gasteiger partial charge in [-0.1, -0.05) is 18.2 Å². The molecular weight excluding hydrogens is 196 g/mol. The normalized spacial score (nSPS) is 36.4. The standard InChI is InChI=1S/C14H18N2/c1-2-4-13-11(3-1)9-16-12-5-7-14(16,8-6-12)10-15-13/h1-4,12,15H,5-10H2. The molecular formula is C14H18N2. The van der Waals surface area contributed by atoms with E-state index in [2.05, 4.69) is 34.5 Å². The molecule has 16 heavy (non-hydrogen) atoms. The second-order valence-electron chi connectivity index (χ2n) is 5.59. The average molecular weight is 214 g/mol. The van der Waals surface area contributed by atoms with Crippen LogP contribution in [0, 0.1) is 0 Å². The molecule has 0 radical (unpaired) electrons. The summed E-state index contributed by atoms with van der Waals surface area (Å²) < 4.78 is 0. The predicted octanol–water partition coefficient (Wildman–Crippen LogP) is 2.61. The van der Waals surface area contributed by atoms with Crippen LogP contribution in [0.1, 0.15) is 31.2 Å². The lowest BCUT2D eigenvalue weighted by Crippen LogP contribution is -2.44. The van der Waals surface area contributed by atoms with Crippen molar-refractivity contribution in [1.82, 2.24) is 4.90 Å². The topological polar surface area (TPSA) is 15.3 Å². The summed E-state index contributed by atoms with van der Waals surface area (Å²) in [5, 5.41) is 3.67. The third-order valence-electron chi connectivity index (χ3n) is 4.90. The first-order valence-corrected chi connectivity index (χ1v) is 6.46. The van der Waals surface area contributed by atoms with Gasteiger partial charge in [-0.3, -0.25) is 4.90 Å². The Kier molecular flexibility index (Phi) is 1.70. The summed E-state index contributed by atoms with van der Waals surface area (Å²) in [4.78, 5) is 2.78. The van der Waals surface area contributed by atoms with Crippen LogP contribution in [0.4, 0.5) is 5.69 Å². The molecule has 3 heterocycles. The molecule has 0 atom stereocenters. The van der Waals surface area contributed by atoms with Gasteiger partial charge in [-0.05, 0) is 37.3 Å². The summed E-state index contributed by atoms with van der Waals surface area (Å²) in [5.74, 6) is 0. The lowest BCUT2D eigenvalue weighted by Gasteiger charge is -2.32. The van der Waals surface area contributed by atoms with Crippen LogP contribution in [-0.2, 0) is 6.54 Å². The van der Waals surface area contributed by atoms with Gasteiger partial charge in [-0.25, -0.2) is 0 Å². The Labute approximate surface area is 96.6 Å². The molecule has 1 N–H and O–H groups in total. The van der Waals surface area contributed by atoms with Gasteiger partial charge in [0, 0.05) is 30.4 Å². The highest BCUT2D eigenvalue weighted by molar-refractivity contribution is 5.52. The predicted molar refractivity (Wildman–Crippen MR) is 65.5 cm³/mol. The van der Waals surface area contributed by atoms with Gasteiger partial charge < -0.3 is 5.32 Å². The van der Waals surface area contributed by atoms with Crippen LogP contribution in [0.5, 0.6) is 0 Å². The highest BCUT2D eigenvalue weighted by Crippen LogP contribution is 2.48. The van der Waals surface area contributed by atoms with E-state index in [1.165, 1.54) is 36.9 Å². The lowest BCUT2D eigenvalue weighted by molar-refractivity contribution is 0.161. The molecule has 2 fully saturated rings. The summed E-state index contributed by atoms with van der Waals surface area (Å²) in [6.45, 7) is 2.31. The van der Waals surface area contributed by atoms with Crippen molar-refractivity contribution < 1.29 is 0 Å². The number of anilines is 1. The van der Waals surface area contributed by atoms with Gasteiger partial charge in [0.2, 0.25) is 0 Å². The van der Waals surface area contributed by atoms with Crippen LogP contribution in [0.25, 0.3) is 0 Å². The number of nitrogens with one attached hydrogen (secondary N) is 1. The van der Waals surface area contributed by atoms with E-state index in [1.54, 1.807) is 0 Å². The lowest BCUT2D eigenvalue weighted by atomic mass is 9.88. The van der Waals surface area contributed by atoms with Crippen LogP contribution in [0.3, 0.4) is 0 Å². The summed E-state index contributed by atoms with van der Waals surface area (Å²) in [6.07, 6.45) is 5.64. The number of hydrogen-bond donors (Lipinski definition) is 1. The Balaban J connectivity index is 1.77. The number of benzene rings is 1. The summed E-state index contributed by atoms with van der Waals surface area (Å²) in [6, 6.07) is 9.67. The first kappa shape index (κ1) is 9.06. The third-order valence-corrected chi connectivity index (χ3v) is 4.90. The molecule has 3 aliphatic heterocycles. The second kappa shape index (κ2) is 3.01. The monoisotopic (exact) mass is 214 g/mol. The van der Waals surface area contributed by atoms with Crippen LogP contribution in [0.2, 0.25) is 0 Å². The minimum absolute atomic E-state index is 0.490. The third kappa shape index (κ3) is 1.06. The van der Waals surface area contributed by atoms with E-state index in [-0.39, 0.29) is 0 Å². The van der Waals surface area contributed by atoms with Gasteiger partial charge >= 0.3 is 0 Å². The van der Waals surface area contributed by atoms with Crippen molar-refractivity contribution in [3.8, 4) is 0 Å². The molecule has 1 aromatic carbocycles. The molecule has 2 bridgehead atoms. The molecule has 0 aliphatic carbocycles. The minimum Gasteiger partial charge on any atom is -0.383 e. The Morgan fingerprint density at radius 2 is 2.00 bits per heavy atom. The zero-order valence-electron chi connectivity index (χ0n) is 9.58. The number of para-hydroxylation sites is 1. The van der Waals surface area contributed by atoms with E-state index in [9.17, 15) is 0 Å². The molecule has 2 nitrogen and oxygen atoms in total. The molecule has 1 aromatic rings. The molecule has 2 saturated heterocycles. The number of nitrogens with zero attached hydrogens (tertiary/aromatic N) is 1. The van der Waals surface area contributed by atoms with Gasteiger partial charge in [0.05, 0.1) is 0 Å². The molecule has 0 saturated carbocycles. The maximum absolute atomic E-state index is 3.67. The fourth-order valence-corrected chi connectivity index (χ4v) is 3.98. The van der Waals surface area contributed by atoms with Crippen LogP contribution < -0.4 is 5.32 Å².